The number of nitrogens with zero attached hydrogens (tertiary/aromatic N) is 3. The summed E-state index contributed by atoms with van der Waals surface area (Å²) >= 11 is 6.07. The molecule has 2 aromatic carbocycles. The molecule has 0 spiro atoms. The number of hydrogen-bond donors (Lipinski definition) is 0. The molecular formula is C27H29ClFN3O3. The molecule has 8 heteroatoms. The third-order valence-electron chi connectivity index (χ3n) is 5.80. The second-order valence-corrected chi connectivity index (χ2v) is 9.13. The van der Waals surface area contributed by atoms with E-state index in [1.54, 1.807) is 30.5 Å². The van der Waals surface area contributed by atoms with Gasteiger partial charge in [0.15, 0.2) is 0 Å². The lowest BCUT2D eigenvalue weighted by molar-refractivity contribution is 0.0378. The molecule has 1 fully saturated rings. The van der Waals surface area contributed by atoms with Gasteiger partial charge in [0.2, 0.25) is 0 Å². The van der Waals surface area contributed by atoms with Crippen LogP contribution in [0.4, 0.5) is 10.2 Å². The van der Waals surface area contributed by atoms with E-state index in [2.05, 4.69) is 14.8 Å². The molecule has 1 aliphatic heterocycles. The Hall–Kier alpha value is -3.16. The van der Waals surface area contributed by atoms with Crippen molar-refractivity contribution in [3.8, 4) is 5.75 Å². The summed E-state index contributed by atoms with van der Waals surface area (Å²) in [5.74, 6) is 0.621. The molecule has 0 amide bonds. The number of pyridine rings is 1. The Labute approximate surface area is 210 Å². The van der Waals surface area contributed by atoms with Crippen LogP contribution in [-0.4, -0.2) is 48.1 Å². The van der Waals surface area contributed by atoms with Crippen LogP contribution in [0.15, 0.2) is 60.8 Å². The molecule has 184 valence electrons. The summed E-state index contributed by atoms with van der Waals surface area (Å²) in [6.07, 6.45) is 1.53. The van der Waals surface area contributed by atoms with Crippen LogP contribution in [-0.2, 0) is 17.9 Å². The van der Waals surface area contributed by atoms with Crippen molar-refractivity contribution in [2.24, 2.45) is 0 Å². The van der Waals surface area contributed by atoms with Gasteiger partial charge >= 0.3 is 5.97 Å². The SMILES string of the molecule is CC(C)OC(=O)c1cccnc1N1CCN(Cc2ccc(OCc3c(F)cccc3Cl)cc2)CC1. The number of anilines is 1. The first kappa shape index (κ1) is 24.9. The number of benzene rings is 2. The lowest BCUT2D eigenvalue weighted by Crippen LogP contribution is -2.46. The maximum Gasteiger partial charge on any atom is 0.342 e. The van der Waals surface area contributed by atoms with Crippen LogP contribution in [0, 0.1) is 5.82 Å². The van der Waals surface area contributed by atoms with E-state index < -0.39 is 0 Å². The fourth-order valence-electron chi connectivity index (χ4n) is 3.98. The van der Waals surface area contributed by atoms with Gasteiger partial charge in [-0.1, -0.05) is 29.8 Å². The van der Waals surface area contributed by atoms with Gasteiger partial charge in [-0.25, -0.2) is 14.2 Å². The Balaban J connectivity index is 1.30. The van der Waals surface area contributed by atoms with Crippen molar-refractivity contribution in [1.29, 1.82) is 0 Å². The van der Waals surface area contributed by atoms with E-state index >= 15 is 0 Å². The van der Waals surface area contributed by atoms with Gasteiger partial charge in [-0.3, -0.25) is 4.90 Å². The van der Waals surface area contributed by atoms with E-state index in [0.29, 0.717) is 27.7 Å². The molecule has 6 nitrogen and oxygen atoms in total. The minimum Gasteiger partial charge on any atom is -0.489 e. The molecule has 0 atom stereocenters. The Kier molecular flexibility index (Phi) is 8.21. The number of rotatable bonds is 8. The highest BCUT2D eigenvalue weighted by molar-refractivity contribution is 6.31. The molecule has 3 aromatic rings. The highest BCUT2D eigenvalue weighted by atomic mass is 35.5. The van der Waals surface area contributed by atoms with Crippen molar-refractivity contribution in [2.75, 3.05) is 31.1 Å². The predicted octanol–water partition coefficient (Wildman–Crippen LogP) is 5.34. The van der Waals surface area contributed by atoms with Gasteiger partial charge in [-0.15, -0.1) is 0 Å². The number of carbonyl (C=O) groups excluding carboxylic acids is 1. The number of halogens is 2. The second-order valence-electron chi connectivity index (χ2n) is 8.72. The Morgan fingerprint density at radius 2 is 1.80 bits per heavy atom. The Bertz CT molecular complexity index is 1130. The normalized spacial score (nSPS) is 14.3. The van der Waals surface area contributed by atoms with Gasteiger partial charge in [0.25, 0.3) is 0 Å². The van der Waals surface area contributed by atoms with Gasteiger partial charge < -0.3 is 14.4 Å². The van der Waals surface area contributed by atoms with Crippen LogP contribution in [0.1, 0.15) is 35.3 Å². The molecule has 1 aliphatic rings. The van der Waals surface area contributed by atoms with Crippen LogP contribution in [0.3, 0.4) is 0 Å². The summed E-state index contributed by atoms with van der Waals surface area (Å²) in [6.45, 7) is 7.78. The maximum atomic E-state index is 13.9. The van der Waals surface area contributed by atoms with Crippen molar-refractivity contribution < 1.29 is 18.7 Å². The van der Waals surface area contributed by atoms with Crippen molar-refractivity contribution in [3.05, 3.63) is 88.3 Å². The molecule has 1 saturated heterocycles. The van der Waals surface area contributed by atoms with Gasteiger partial charge in [-0.2, -0.15) is 0 Å². The number of aromatic nitrogens is 1. The van der Waals surface area contributed by atoms with Crippen LogP contribution < -0.4 is 9.64 Å². The highest BCUT2D eigenvalue weighted by Crippen LogP contribution is 2.23. The summed E-state index contributed by atoms with van der Waals surface area (Å²) in [5.41, 5.74) is 2.01. The van der Waals surface area contributed by atoms with E-state index in [1.165, 1.54) is 6.07 Å². The lowest BCUT2D eigenvalue weighted by Gasteiger charge is -2.36. The van der Waals surface area contributed by atoms with E-state index in [0.717, 1.165) is 38.3 Å². The second kappa shape index (κ2) is 11.5. The third-order valence-corrected chi connectivity index (χ3v) is 6.15. The molecule has 0 bridgehead atoms. The van der Waals surface area contributed by atoms with Gasteiger partial charge in [0.1, 0.15) is 29.6 Å². The van der Waals surface area contributed by atoms with E-state index in [-0.39, 0.29) is 24.5 Å². The maximum absolute atomic E-state index is 13.9. The van der Waals surface area contributed by atoms with Crippen LogP contribution in [0.25, 0.3) is 0 Å². The standard InChI is InChI=1S/C27H29ClFN3O3/c1-19(2)35-27(33)22-5-4-12-30-26(22)32-15-13-31(14-16-32)17-20-8-10-21(11-9-20)34-18-23-24(28)6-3-7-25(23)29/h3-12,19H,13-18H2,1-2H3. The average Bonchev–Trinajstić information content (AvgIpc) is 2.85. The molecule has 35 heavy (non-hydrogen) atoms. The van der Waals surface area contributed by atoms with Crippen LogP contribution >= 0.6 is 11.6 Å². The monoisotopic (exact) mass is 497 g/mol. The van der Waals surface area contributed by atoms with E-state index in [1.807, 2.05) is 38.1 Å². The minimum atomic E-state index is -0.372. The summed E-state index contributed by atoms with van der Waals surface area (Å²) < 4.78 is 25.0. The molecule has 0 aliphatic carbocycles. The molecule has 0 N–H and O–H groups in total. The molecule has 0 radical (unpaired) electrons. The highest BCUT2D eigenvalue weighted by Gasteiger charge is 2.23. The molecule has 0 unspecified atom stereocenters. The summed E-state index contributed by atoms with van der Waals surface area (Å²) in [5, 5.41) is 0.357. The number of ether oxygens (including phenoxy) is 2. The first-order valence-electron chi connectivity index (χ1n) is 11.7. The zero-order valence-electron chi connectivity index (χ0n) is 19.9. The molecule has 1 aromatic heterocycles. The smallest absolute Gasteiger partial charge is 0.342 e. The molecule has 0 saturated carbocycles. The Morgan fingerprint density at radius 3 is 2.49 bits per heavy atom. The van der Waals surface area contributed by atoms with Crippen molar-refractivity contribution in [3.63, 3.8) is 0 Å². The van der Waals surface area contributed by atoms with E-state index in [9.17, 15) is 9.18 Å². The quantitative estimate of drug-likeness (QED) is 0.391. The number of hydrogen-bond acceptors (Lipinski definition) is 6. The fourth-order valence-corrected chi connectivity index (χ4v) is 4.20. The van der Waals surface area contributed by atoms with Gasteiger partial charge in [0, 0.05) is 44.5 Å². The predicted molar refractivity (Wildman–Crippen MR) is 134 cm³/mol. The molecular weight excluding hydrogens is 469 g/mol. The molecule has 2 heterocycles. The number of esters is 1. The zero-order chi connectivity index (χ0) is 24.8. The summed E-state index contributed by atoms with van der Waals surface area (Å²) in [7, 11) is 0. The largest absolute Gasteiger partial charge is 0.489 e. The zero-order valence-corrected chi connectivity index (χ0v) is 20.7. The first-order valence-corrected chi connectivity index (χ1v) is 12.1. The fraction of sp³-hybridized carbons (Fsp3) is 0.333. The minimum absolute atomic E-state index is 0.0764. The third kappa shape index (κ3) is 6.50. The first-order chi connectivity index (χ1) is 16.9. The average molecular weight is 498 g/mol. The van der Waals surface area contributed by atoms with Crippen molar-refractivity contribution in [1.82, 2.24) is 9.88 Å². The number of piperazine rings is 1. The van der Waals surface area contributed by atoms with Crippen molar-refractivity contribution in [2.45, 2.75) is 33.1 Å². The van der Waals surface area contributed by atoms with Crippen molar-refractivity contribution >= 4 is 23.4 Å². The van der Waals surface area contributed by atoms with Crippen LogP contribution in [0.5, 0.6) is 5.75 Å². The summed E-state index contributed by atoms with van der Waals surface area (Å²) in [4.78, 5) is 21.4. The van der Waals surface area contributed by atoms with E-state index in [4.69, 9.17) is 21.1 Å². The molecule has 4 rings (SSSR count). The topological polar surface area (TPSA) is 54.9 Å². The Morgan fingerprint density at radius 1 is 1.06 bits per heavy atom. The van der Waals surface area contributed by atoms with Gasteiger partial charge in [-0.05, 0) is 55.8 Å². The van der Waals surface area contributed by atoms with Crippen LogP contribution in [0.2, 0.25) is 5.02 Å². The number of carbonyl (C=O) groups is 1. The van der Waals surface area contributed by atoms with Gasteiger partial charge in [0.05, 0.1) is 11.1 Å². The summed E-state index contributed by atoms with van der Waals surface area (Å²) in [6, 6.07) is 15.9. The lowest BCUT2D eigenvalue weighted by atomic mass is 10.1.